The Morgan fingerprint density at radius 2 is 2.04 bits per heavy atom. The zero-order valence-corrected chi connectivity index (χ0v) is 15.1. The van der Waals surface area contributed by atoms with Crippen LogP contribution >= 0.6 is 0 Å². The Morgan fingerprint density at radius 3 is 2.77 bits per heavy atom. The Morgan fingerprint density at radius 1 is 1.19 bits per heavy atom. The molecule has 136 valence electrons. The summed E-state index contributed by atoms with van der Waals surface area (Å²) in [6.45, 7) is 3.36. The minimum Gasteiger partial charge on any atom is -0.420 e. The third-order valence-electron chi connectivity index (χ3n) is 4.84. The molecule has 1 fully saturated rings. The second-order valence-electron chi connectivity index (χ2n) is 6.85. The molecule has 2 aromatic heterocycles. The van der Waals surface area contributed by atoms with Crippen LogP contribution in [0.5, 0.6) is 0 Å². The molecule has 1 aliphatic rings. The first kappa shape index (κ1) is 16.9. The largest absolute Gasteiger partial charge is 0.420 e. The summed E-state index contributed by atoms with van der Waals surface area (Å²) in [7, 11) is 3.68. The van der Waals surface area contributed by atoms with E-state index in [9.17, 15) is 0 Å². The molecule has 26 heavy (non-hydrogen) atoms. The molecule has 7 nitrogen and oxygen atoms in total. The summed E-state index contributed by atoms with van der Waals surface area (Å²) < 4.78 is 13.3. The monoisotopic (exact) mass is 353 g/mol. The molecule has 7 heteroatoms. The maximum atomic E-state index is 6.01. The van der Waals surface area contributed by atoms with E-state index < -0.39 is 0 Å². The average Bonchev–Trinajstić information content (AvgIpc) is 3.37. The summed E-state index contributed by atoms with van der Waals surface area (Å²) in [6.07, 6.45) is 3.97. The number of aromatic nitrogens is 4. The molecule has 1 aromatic carbocycles. The number of ether oxygens (including phenoxy) is 1. The van der Waals surface area contributed by atoms with Gasteiger partial charge in [0.15, 0.2) is 0 Å². The van der Waals surface area contributed by atoms with Gasteiger partial charge in [0.25, 0.3) is 0 Å². The van der Waals surface area contributed by atoms with Crippen molar-refractivity contribution in [3.63, 3.8) is 0 Å². The van der Waals surface area contributed by atoms with Gasteiger partial charge < -0.3 is 9.15 Å². The van der Waals surface area contributed by atoms with Crippen LogP contribution in [0.2, 0.25) is 0 Å². The maximum absolute atomic E-state index is 6.01. The van der Waals surface area contributed by atoms with Gasteiger partial charge in [0.1, 0.15) is 0 Å². The van der Waals surface area contributed by atoms with E-state index in [4.69, 9.17) is 9.15 Å². The minimum absolute atomic E-state index is 0.177. The molecule has 1 saturated heterocycles. The highest BCUT2D eigenvalue weighted by Crippen LogP contribution is 2.34. The van der Waals surface area contributed by atoms with Crippen molar-refractivity contribution in [2.24, 2.45) is 13.0 Å². The second-order valence-corrected chi connectivity index (χ2v) is 6.85. The van der Waals surface area contributed by atoms with Gasteiger partial charge in [0.05, 0.1) is 18.7 Å². The second kappa shape index (κ2) is 7.39. The standard InChI is InChI=1S/C19H23N5O2/c1-23-9-14(8-20-23)10-24-11-16(13-25-2)17(12-24)19-22-21-18(26-19)15-6-4-3-5-7-15/h3-9,16-17H,10-13H2,1-2H3/t16-,17+/m0/s1. The number of rotatable bonds is 6. The Labute approximate surface area is 152 Å². The van der Waals surface area contributed by atoms with E-state index in [1.807, 2.05) is 48.3 Å². The molecule has 0 saturated carbocycles. The summed E-state index contributed by atoms with van der Waals surface area (Å²) in [4.78, 5) is 2.40. The Bertz CT molecular complexity index is 845. The van der Waals surface area contributed by atoms with Gasteiger partial charge in [-0.15, -0.1) is 10.2 Å². The van der Waals surface area contributed by atoms with Crippen molar-refractivity contribution in [3.8, 4) is 11.5 Å². The van der Waals surface area contributed by atoms with Gasteiger partial charge >= 0.3 is 0 Å². The number of likely N-dealkylation sites (tertiary alicyclic amines) is 1. The molecular formula is C19H23N5O2. The fraction of sp³-hybridized carbons (Fsp3) is 0.421. The van der Waals surface area contributed by atoms with Crippen LogP contribution in [-0.2, 0) is 18.3 Å². The fourth-order valence-corrected chi connectivity index (χ4v) is 3.65. The zero-order valence-electron chi connectivity index (χ0n) is 15.1. The van der Waals surface area contributed by atoms with Gasteiger partial charge in [-0.25, -0.2) is 0 Å². The van der Waals surface area contributed by atoms with Gasteiger partial charge in [-0.05, 0) is 12.1 Å². The first-order chi connectivity index (χ1) is 12.7. The van der Waals surface area contributed by atoms with Crippen LogP contribution in [0, 0.1) is 5.92 Å². The van der Waals surface area contributed by atoms with Crippen LogP contribution in [0.1, 0.15) is 17.4 Å². The lowest BCUT2D eigenvalue weighted by molar-refractivity contribution is 0.144. The summed E-state index contributed by atoms with van der Waals surface area (Å²) in [5.74, 6) is 1.78. The predicted molar refractivity (Wildman–Crippen MR) is 96.3 cm³/mol. The number of methoxy groups -OCH3 is 1. The molecule has 2 atom stereocenters. The predicted octanol–water partition coefficient (Wildman–Crippen LogP) is 2.33. The third kappa shape index (κ3) is 3.54. The first-order valence-corrected chi connectivity index (χ1v) is 8.80. The molecule has 0 N–H and O–H groups in total. The fourth-order valence-electron chi connectivity index (χ4n) is 3.65. The molecule has 0 aliphatic carbocycles. The molecule has 0 bridgehead atoms. The van der Waals surface area contributed by atoms with Crippen LogP contribution in [0.15, 0.2) is 47.1 Å². The quantitative estimate of drug-likeness (QED) is 0.677. The first-order valence-electron chi connectivity index (χ1n) is 8.80. The van der Waals surface area contributed by atoms with Crippen molar-refractivity contribution in [1.82, 2.24) is 24.9 Å². The summed E-state index contributed by atoms with van der Waals surface area (Å²) in [5.41, 5.74) is 2.15. The number of nitrogens with zero attached hydrogens (tertiary/aromatic N) is 5. The highest BCUT2D eigenvalue weighted by molar-refractivity contribution is 5.51. The van der Waals surface area contributed by atoms with Gasteiger partial charge in [-0.3, -0.25) is 9.58 Å². The normalized spacial score (nSPS) is 20.7. The van der Waals surface area contributed by atoms with Crippen molar-refractivity contribution in [2.75, 3.05) is 26.8 Å². The lowest BCUT2D eigenvalue weighted by Crippen LogP contribution is -2.21. The lowest BCUT2D eigenvalue weighted by Gasteiger charge is -2.14. The van der Waals surface area contributed by atoms with Gasteiger partial charge in [-0.2, -0.15) is 5.10 Å². The van der Waals surface area contributed by atoms with Crippen molar-refractivity contribution in [1.29, 1.82) is 0 Å². The van der Waals surface area contributed by atoms with Crippen molar-refractivity contribution in [3.05, 3.63) is 54.2 Å². The van der Waals surface area contributed by atoms with E-state index in [1.54, 1.807) is 7.11 Å². The van der Waals surface area contributed by atoms with Crippen LogP contribution in [-0.4, -0.2) is 51.7 Å². The minimum atomic E-state index is 0.177. The highest BCUT2D eigenvalue weighted by atomic mass is 16.5. The number of benzene rings is 1. The molecule has 0 unspecified atom stereocenters. The molecule has 0 amide bonds. The van der Waals surface area contributed by atoms with Crippen LogP contribution in [0.4, 0.5) is 0 Å². The van der Waals surface area contributed by atoms with Crippen molar-refractivity contribution in [2.45, 2.75) is 12.5 Å². The number of hydrogen-bond acceptors (Lipinski definition) is 6. The molecule has 3 heterocycles. The Hall–Kier alpha value is -2.51. The molecule has 0 radical (unpaired) electrons. The number of aryl methyl sites for hydroxylation is 1. The third-order valence-corrected chi connectivity index (χ3v) is 4.84. The maximum Gasteiger partial charge on any atom is 0.247 e. The average molecular weight is 353 g/mol. The molecule has 3 aromatic rings. The van der Waals surface area contributed by atoms with Crippen LogP contribution in [0.3, 0.4) is 0 Å². The smallest absolute Gasteiger partial charge is 0.247 e. The van der Waals surface area contributed by atoms with Gasteiger partial charge in [0, 0.05) is 57.0 Å². The molecule has 1 aliphatic heterocycles. The summed E-state index contributed by atoms with van der Waals surface area (Å²) >= 11 is 0. The van der Waals surface area contributed by atoms with E-state index in [2.05, 4.69) is 26.4 Å². The molecular weight excluding hydrogens is 330 g/mol. The SMILES string of the molecule is COC[C@@H]1CN(Cc2cnn(C)c2)C[C@H]1c1nnc(-c2ccccc2)o1. The number of hydrogen-bond donors (Lipinski definition) is 0. The molecule has 4 rings (SSSR count). The van der Waals surface area contributed by atoms with E-state index in [0.29, 0.717) is 24.3 Å². The van der Waals surface area contributed by atoms with E-state index in [-0.39, 0.29) is 5.92 Å². The lowest BCUT2D eigenvalue weighted by atomic mass is 9.97. The topological polar surface area (TPSA) is 69.2 Å². The van der Waals surface area contributed by atoms with Crippen LogP contribution in [0.25, 0.3) is 11.5 Å². The Kier molecular flexibility index (Phi) is 4.81. The van der Waals surface area contributed by atoms with Crippen molar-refractivity contribution >= 4 is 0 Å². The van der Waals surface area contributed by atoms with Gasteiger partial charge in [-0.1, -0.05) is 18.2 Å². The van der Waals surface area contributed by atoms with Crippen molar-refractivity contribution < 1.29 is 9.15 Å². The van der Waals surface area contributed by atoms with Crippen LogP contribution < -0.4 is 0 Å². The van der Waals surface area contributed by atoms with E-state index in [1.165, 1.54) is 5.56 Å². The zero-order chi connectivity index (χ0) is 17.9. The highest BCUT2D eigenvalue weighted by Gasteiger charge is 2.37. The van der Waals surface area contributed by atoms with E-state index >= 15 is 0 Å². The van der Waals surface area contributed by atoms with E-state index in [0.717, 1.165) is 25.2 Å². The summed E-state index contributed by atoms with van der Waals surface area (Å²) in [6, 6.07) is 9.87. The Balaban J connectivity index is 1.51. The molecule has 0 spiro atoms. The van der Waals surface area contributed by atoms with Gasteiger partial charge in [0.2, 0.25) is 11.8 Å². The summed E-state index contributed by atoms with van der Waals surface area (Å²) in [5, 5.41) is 12.8.